The van der Waals surface area contributed by atoms with Crippen LogP contribution in [-0.4, -0.2) is 31.8 Å². The molecular weight excluding hydrogens is 236 g/mol. The highest BCUT2D eigenvalue weighted by Gasteiger charge is 2.23. The number of carbonyl (C=O) groups is 2. The van der Waals surface area contributed by atoms with E-state index in [1.807, 2.05) is 0 Å². The van der Waals surface area contributed by atoms with E-state index in [0.717, 1.165) is 0 Å². The molecule has 0 aromatic rings. The zero-order valence-corrected chi connectivity index (χ0v) is 10.3. The predicted molar refractivity (Wildman–Crippen MR) is 57.8 cm³/mol. The van der Waals surface area contributed by atoms with Crippen molar-refractivity contribution in [3.05, 3.63) is 10.8 Å². The average molecular weight is 251 g/mol. The maximum atomic E-state index is 11.4. The zero-order valence-electron chi connectivity index (χ0n) is 9.54. The van der Waals surface area contributed by atoms with Gasteiger partial charge >= 0.3 is 11.9 Å². The standard InChI is InChI=1S/C10H15ClO5/c1-4-14-8(10(13)16-6-3)7(11)9(12)15-5-2/h4-6H2,1-3H3/b8-7+. The maximum Gasteiger partial charge on any atom is 0.375 e. The molecule has 0 radical (unpaired) electrons. The van der Waals surface area contributed by atoms with Gasteiger partial charge in [0, 0.05) is 0 Å². The lowest BCUT2D eigenvalue weighted by Gasteiger charge is -2.09. The molecule has 0 rings (SSSR count). The molecule has 0 aliphatic carbocycles. The van der Waals surface area contributed by atoms with Gasteiger partial charge in [-0.25, -0.2) is 9.59 Å². The average Bonchev–Trinajstić information content (AvgIpc) is 2.25. The molecule has 0 saturated heterocycles. The van der Waals surface area contributed by atoms with Crippen LogP contribution in [0.5, 0.6) is 0 Å². The van der Waals surface area contributed by atoms with Crippen molar-refractivity contribution < 1.29 is 23.8 Å². The van der Waals surface area contributed by atoms with Crippen LogP contribution in [0, 0.1) is 0 Å². The fourth-order valence-corrected chi connectivity index (χ4v) is 1.03. The third-order valence-electron chi connectivity index (χ3n) is 1.40. The van der Waals surface area contributed by atoms with Crippen molar-refractivity contribution in [1.29, 1.82) is 0 Å². The molecule has 0 unspecified atom stereocenters. The number of rotatable bonds is 6. The van der Waals surface area contributed by atoms with Gasteiger partial charge in [0.05, 0.1) is 19.8 Å². The van der Waals surface area contributed by atoms with E-state index in [1.165, 1.54) is 0 Å². The van der Waals surface area contributed by atoms with Crippen molar-refractivity contribution >= 4 is 23.5 Å². The number of esters is 2. The van der Waals surface area contributed by atoms with Crippen LogP contribution in [0.25, 0.3) is 0 Å². The minimum atomic E-state index is -0.805. The quantitative estimate of drug-likeness (QED) is 0.407. The first-order chi connectivity index (χ1) is 7.58. The van der Waals surface area contributed by atoms with Gasteiger partial charge in [0.1, 0.15) is 0 Å². The van der Waals surface area contributed by atoms with Crippen LogP contribution in [0.4, 0.5) is 0 Å². The Hall–Kier alpha value is -1.23. The summed E-state index contributed by atoms with van der Waals surface area (Å²) in [5, 5.41) is -0.401. The first kappa shape index (κ1) is 14.8. The Morgan fingerprint density at radius 1 is 0.875 bits per heavy atom. The molecule has 0 N–H and O–H groups in total. The Morgan fingerprint density at radius 3 is 1.75 bits per heavy atom. The van der Waals surface area contributed by atoms with E-state index in [4.69, 9.17) is 21.1 Å². The van der Waals surface area contributed by atoms with E-state index in [2.05, 4.69) is 4.74 Å². The largest absolute Gasteiger partial charge is 0.486 e. The van der Waals surface area contributed by atoms with Crippen LogP contribution in [0.15, 0.2) is 10.8 Å². The normalized spacial score (nSPS) is 11.5. The number of halogens is 1. The molecular formula is C10H15ClO5. The first-order valence-corrected chi connectivity index (χ1v) is 5.32. The zero-order chi connectivity index (χ0) is 12.6. The highest BCUT2D eigenvalue weighted by molar-refractivity contribution is 6.42. The molecule has 92 valence electrons. The Kier molecular flexibility index (Phi) is 7.37. The van der Waals surface area contributed by atoms with Crippen LogP contribution < -0.4 is 0 Å². The van der Waals surface area contributed by atoms with E-state index < -0.39 is 17.0 Å². The molecule has 0 aromatic heterocycles. The fourth-order valence-electron chi connectivity index (χ4n) is 0.840. The second-order valence-corrected chi connectivity index (χ2v) is 2.90. The molecule has 0 atom stereocenters. The van der Waals surface area contributed by atoms with Gasteiger partial charge in [-0.05, 0) is 20.8 Å². The Morgan fingerprint density at radius 2 is 1.31 bits per heavy atom. The maximum absolute atomic E-state index is 11.4. The van der Waals surface area contributed by atoms with Gasteiger partial charge in [-0.1, -0.05) is 11.6 Å². The molecule has 0 spiro atoms. The summed E-state index contributed by atoms with van der Waals surface area (Å²) in [5.74, 6) is -1.90. The monoisotopic (exact) mass is 250 g/mol. The smallest absolute Gasteiger partial charge is 0.375 e. The van der Waals surface area contributed by atoms with E-state index in [1.54, 1.807) is 20.8 Å². The lowest BCUT2D eigenvalue weighted by Crippen LogP contribution is -2.16. The molecule has 0 aromatic carbocycles. The summed E-state index contributed by atoms with van der Waals surface area (Å²) in [6.07, 6.45) is 0. The van der Waals surface area contributed by atoms with Gasteiger partial charge < -0.3 is 14.2 Å². The minimum Gasteiger partial charge on any atom is -0.486 e. The summed E-state index contributed by atoms with van der Waals surface area (Å²) in [6, 6.07) is 0. The van der Waals surface area contributed by atoms with E-state index in [-0.39, 0.29) is 25.6 Å². The summed E-state index contributed by atoms with van der Waals surface area (Å²) in [4.78, 5) is 22.7. The van der Waals surface area contributed by atoms with Crippen molar-refractivity contribution in [2.24, 2.45) is 0 Å². The molecule has 5 nitrogen and oxygen atoms in total. The third kappa shape index (κ3) is 4.53. The molecule has 0 heterocycles. The predicted octanol–water partition coefficient (Wildman–Crippen LogP) is 1.60. The molecule has 0 amide bonds. The second kappa shape index (κ2) is 7.98. The minimum absolute atomic E-state index is 0.164. The number of ether oxygens (including phenoxy) is 3. The fraction of sp³-hybridized carbons (Fsp3) is 0.600. The van der Waals surface area contributed by atoms with Crippen LogP contribution >= 0.6 is 11.6 Å². The number of carbonyl (C=O) groups excluding carboxylic acids is 2. The molecule has 0 bridgehead atoms. The summed E-state index contributed by atoms with van der Waals surface area (Å²) < 4.78 is 14.3. The van der Waals surface area contributed by atoms with Gasteiger partial charge in [-0.2, -0.15) is 0 Å². The lowest BCUT2D eigenvalue weighted by molar-refractivity contribution is -0.144. The second-order valence-electron chi connectivity index (χ2n) is 2.52. The van der Waals surface area contributed by atoms with Gasteiger partial charge in [0.15, 0.2) is 5.03 Å². The van der Waals surface area contributed by atoms with Crippen LogP contribution in [0.2, 0.25) is 0 Å². The van der Waals surface area contributed by atoms with E-state index >= 15 is 0 Å². The topological polar surface area (TPSA) is 61.8 Å². The van der Waals surface area contributed by atoms with Crippen molar-refractivity contribution in [3.63, 3.8) is 0 Å². The van der Waals surface area contributed by atoms with Gasteiger partial charge in [0.2, 0.25) is 5.76 Å². The summed E-state index contributed by atoms with van der Waals surface area (Å²) in [7, 11) is 0. The van der Waals surface area contributed by atoms with Crippen LogP contribution in [0.3, 0.4) is 0 Å². The van der Waals surface area contributed by atoms with Crippen molar-refractivity contribution in [2.75, 3.05) is 19.8 Å². The highest BCUT2D eigenvalue weighted by atomic mass is 35.5. The van der Waals surface area contributed by atoms with E-state index in [9.17, 15) is 9.59 Å². The number of hydrogen-bond donors (Lipinski definition) is 0. The number of hydrogen-bond acceptors (Lipinski definition) is 5. The molecule has 0 fully saturated rings. The SMILES string of the molecule is CCOC(=O)/C(Cl)=C(\OCC)C(=O)OCC. The summed E-state index contributed by atoms with van der Waals surface area (Å²) in [6.45, 7) is 5.46. The lowest BCUT2D eigenvalue weighted by atomic mass is 10.4. The van der Waals surface area contributed by atoms with Crippen molar-refractivity contribution in [3.8, 4) is 0 Å². The Labute approximate surface area is 99.3 Å². The molecule has 0 aliphatic rings. The van der Waals surface area contributed by atoms with Crippen LogP contribution in [0.1, 0.15) is 20.8 Å². The summed E-state index contributed by atoms with van der Waals surface area (Å²) >= 11 is 5.66. The van der Waals surface area contributed by atoms with Gasteiger partial charge in [0.25, 0.3) is 0 Å². The van der Waals surface area contributed by atoms with E-state index in [0.29, 0.717) is 0 Å². The molecule has 0 saturated carbocycles. The molecule has 6 heteroatoms. The van der Waals surface area contributed by atoms with Crippen molar-refractivity contribution in [1.82, 2.24) is 0 Å². The molecule has 0 aliphatic heterocycles. The van der Waals surface area contributed by atoms with Gasteiger partial charge in [-0.3, -0.25) is 0 Å². The highest BCUT2D eigenvalue weighted by Crippen LogP contribution is 2.14. The van der Waals surface area contributed by atoms with Crippen molar-refractivity contribution in [2.45, 2.75) is 20.8 Å². The van der Waals surface area contributed by atoms with Gasteiger partial charge in [-0.15, -0.1) is 0 Å². The van der Waals surface area contributed by atoms with Crippen LogP contribution in [-0.2, 0) is 23.8 Å². The Balaban J connectivity index is 4.90. The third-order valence-corrected chi connectivity index (χ3v) is 1.73. The summed E-state index contributed by atoms with van der Waals surface area (Å²) in [5.41, 5.74) is 0. The first-order valence-electron chi connectivity index (χ1n) is 4.95. The molecule has 16 heavy (non-hydrogen) atoms. The Bertz CT molecular complexity index is 285.